The molecule has 0 radical (unpaired) electrons. The van der Waals surface area contributed by atoms with Crippen LogP contribution in [0.2, 0.25) is 0 Å². The smallest absolute Gasteiger partial charge is 0.237 e. The molecule has 1 atom stereocenters. The van der Waals surface area contributed by atoms with Crippen molar-refractivity contribution in [3.05, 3.63) is 42.0 Å². The minimum atomic E-state index is -0.442. The van der Waals surface area contributed by atoms with E-state index >= 15 is 0 Å². The van der Waals surface area contributed by atoms with Crippen LogP contribution in [0.3, 0.4) is 0 Å². The summed E-state index contributed by atoms with van der Waals surface area (Å²) in [6.45, 7) is 3.95. The molecule has 1 unspecified atom stereocenters. The zero-order valence-corrected chi connectivity index (χ0v) is 19.2. The van der Waals surface area contributed by atoms with Crippen LogP contribution in [-0.4, -0.2) is 65.0 Å². The van der Waals surface area contributed by atoms with Crippen molar-refractivity contribution in [1.82, 2.24) is 4.90 Å². The van der Waals surface area contributed by atoms with Gasteiger partial charge in [-0.15, -0.1) is 0 Å². The molecule has 1 N–H and O–H groups in total. The van der Waals surface area contributed by atoms with Gasteiger partial charge in [0, 0.05) is 43.3 Å². The number of likely N-dealkylation sites (N-methyl/N-ethyl adjacent to an activating group) is 2. The number of anilines is 2. The molecule has 0 saturated heterocycles. The Kier molecular flexibility index (Phi) is 7.17. The first-order chi connectivity index (χ1) is 14.9. The maximum absolute atomic E-state index is 12.8. The fourth-order valence-electron chi connectivity index (χ4n) is 3.69. The summed E-state index contributed by atoms with van der Waals surface area (Å²) in [4.78, 5) is 22.0. The van der Waals surface area contributed by atoms with Gasteiger partial charge in [-0.3, -0.25) is 9.79 Å². The molecule has 0 bridgehead atoms. The van der Waals surface area contributed by atoms with Gasteiger partial charge in [0.1, 0.15) is 5.92 Å². The third-order valence-corrected chi connectivity index (χ3v) is 5.53. The maximum atomic E-state index is 12.8. The van der Waals surface area contributed by atoms with Crippen molar-refractivity contribution < 1.29 is 14.3 Å². The van der Waals surface area contributed by atoms with Crippen molar-refractivity contribution in [3.8, 4) is 11.5 Å². The molecule has 0 saturated carbocycles. The summed E-state index contributed by atoms with van der Waals surface area (Å²) >= 11 is 0. The van der Waals surface area contributed by atoms with Gasteiger partial charge in [-0.05, 0) is 56.4 Å². The van der Waals surface area contributed by atoms with Gasteiger partial charge in [-0.25, -0.2) is 0 Å². The maximum Gasteiger partial charge on any atom is 0.237 e. The fraction of sp³-hybridized carbons (Fsp3) is 0.417. The van der Waals surface area contributed by atoms with Gasteiger partial charge in [-0.2, -0.15) is 0 Å². The van der Waals surface area contributed by atoms with E-state index in [-0.39, 0.29) is 5.91 Å². The molecule has 0 aromatic heterocycles. The Morgan fingerprint density at radius 2 is 1.68 bits per heavy atom. The van der Waals surface area contributed by atoms with Crippen molar-refractivity contribution >= 4 is 28.7 Å². The van der Waals surface area contributed by atoms with Gasteiger partial charge >= 0.3 is 0 Å². The molecule has 7 heteroatoms. The zero-order chi connectivity index (χ0) is 22.5. The summed E-state index contributed by atoms with van der Waals surface area (Å²) in [5, 5.41) is 2.96. The molecule has 1 aliphatic heterocycles. The molecule has 1 amide bonds. The third-order valence-electron chi connectivity index (χ3n) is 5.53. The van der Waals surface area contributed by atoms with Crippen molar-refractivity contribution in [2.75, 3.05) is 58.7 Å². The van der Waals surface area contributed by atoms with E-state index in [1.54, 1.807) is 20.3 Å². The predicted octanol–water partition coefficient (Wildman–Crippen LogP) is 3.92. The SMILES string of the molecule is CCC(=Nc1ccc(N(C)CCN(C)C)cc1)C1C(=O)Nc2cc(OC)c(OC)cc21. The van der Waals surface area contributed by atoms with Crippen LogP contribution in [0.25, 0.3) is 0 Å². The Hall–Kier alpha value is -3.06. The summed E-state index contributed by atoms with van der Waals surface area (Å²) in [6.07, 6.45) is 0.663. The molecule has 2 aromatic carbocycles. The van der Waals surface area contributed by atoms with Crippen LogP contribution in [0.15, 0.2) is 41.4 Å². The van der Waals surface area contributed by atoms with Crippen molar-refractivity contribution in [2.45, 2.75) is 19.3 Å². The van der Waals surface area contributed by atoms with Gasteiger partial charge in [0.25, 0.3) is 0 Å². The van der Waals surface area contributed by atoms with Gasteiger partial charge in [0.2, 0.25) is 5.91 Å². The second kappa shape index (κ2) is 9.83. The van der Waals surface area contributed by atoms with Crippen LogP contribution < -0.4 is 19.7 Å². The number of ether oxygens (including phenoxy) is 2. The monoisotopic (exact) mass is 424 g/mol. The molecular formula is C24H32N4O3. The van der Waals surface area contributed by atoms with E-state index in [1.165, 1.54) is 0 Å². The number of benzene rings is 2. The quantitative estimate of drug-likeness (QED) is 0.618. The van der Waals surface area contributed by atoms with Crippen LogP contribution in [0.5, 0.6) is 11.5 Å². The van der Waals surface area contributed by atoms with E-state index in [0.717, 1.165) is 41.4 Å². The molecule has 7 nitrogen and oxygen atoms in total. The van der Waals surface area contributed by atoms with Crippen LogP contribution >= 0.6 is 0 Å². The number of rotatable bonds is 9. The Morgan fingerprint density at radius 3 is 2.26 bits per heavy atom. The van der Waals surface area contributed by atoms with Crippen molar-refractivity contribution in [2.24, 2.45) is 4.99 Å². The minimum absolute atomic E-state index is 0.0778. The molecule has 1 heterocycles. The highest BCUT2D eigenvalue weighted by Gasteiger charge is 2.35. The summed E-state index contributed by atoms with van der Waals surface area (Å²) in [6, 6.07) is 11.8. The average Bonchev–Trinajstić information content (AvgIpc) is 3.09. The van der Waals surface area contributed by atoms with E-state index in [4.69, 9.17) is 14.5 Å². The molecule has 3 rings (SSSR count). The minimum Gasteiger partial charge on any atom is -0.493 e. The first-order valence-corrected chi connectivity index (χ1v) is 10.5. The van der Waals surface area contributed by atoms with E-state index < -0.39 is 5.92 Å². The topological polar surface area (TPSA) is 66.4 Å². The van der Waals surface area contributed by atoms with E-state index in [2.05, 4.69) is 48.4 Å². The average molecular weight is 425 g/mol. The number of nitrogens with zero attached hydrogens (tertiary/aromatic N) is 3. The largest absolute Gasteiger partial charge is 0.493 e. The summed E-state index contributed by atoms with van der Waals surface area (Å²) in [7, 11) is 9.40. The number of hydrogen-bond donors (Lipinski definition) is 1. The summed E-state index contributed by atoms with van der Waals surface area (Å²) in [5.74, 6) is 0.669. The fourth-order valence-corrected chi connectivity index (χ4v) is 3.69. The highest BCUT2D eigenvalue weighted by molar-refractivity contribution is 6.19. The molecule has 1 aliphatic rings. The number of carbonyl (C=O) groups excluding carboxylic acids is 1. The molecule has 0 fully saturated rings. The van der Waals surface area contributed by atoms with Crippen LogP contribution in [0, 0.1) is 0 Å². The molecule has 2 aromatic rings. The van der Waals surface area contributed by atoms with Crippen LogP contribution in [-0.2, 0) is 4.79 Å². The Labute approximate surface area is 184 Å². The Balaban J connectivity index is 1.87. The second-order valence-electron chi connectivity index (χ2n) is 7.91. The lowest BCUT2D eigenvalue weighted by Crippen LogP contribution is -2.28. The number of carbonyl (C=O) groups is 1. The lowest BCUT2D eigenvalue weighted by Gasteiger charge is -2.21. The number of hydrogen-bond acceptors (Lipinski definition) is 6. The third kappa shape index (κ3) is 4.99. The second-order valence-corrected chi connectivity index (χ2v) is 7.91. The van der Waals surface area contributed by atoms with Gasteiger partial charge in [0.05, 0.1) is 19.9 Å². The summed E-state index contributed by atoms with van der Waals surface area (Å²) in [5.41, 5.74) is 4.40. The van der Waals surface area contributed by atoms with E-state index in [0.29, 0.717) is 17.9 Å². The van der Waals surface area contributed by atoms with Gasteiger partial charge in [0.15, 0.2) is 11.5 Å². The number of fused-ring (bicyclic) bond motifs is 1. The first-order valence-electron chi connectivity index (χ1n) is 10.5. The highest BCUT2D eigenvalue weighted by atomic mass is 16.5. The number of amides is 1. The number of methoxy groups -OCH3 is 2. The zero-order valence-electron chi connectivity index (χ0n) is 19.2. The molecule has 0 spiro atoms. The van der Waals surface area contributed by atoms with Crippen molar-refractivity contribution in [3.63, 3.8) is 0 Å². The molecule has 0 aliphatic carbocycles. The Morgan fingerprint density at radius 1 is 1.03 bits per heavy atom. The van der Waals surface area contributed by atoms with Gasteiger partial charge < -0.3 is 24.6 Å². The lowest BCUT2D eigenvalue weighted by molar-refractivity contribution is -0.115. The molecular weight excluding hydrogens is 392 g/mol. The first kappa shape index (κ1) is 22.6. The lowest BCUT2D eigenvalue weighted by atomic mass is 9.93. The molecule has 166 valence electrons. The number of nitrogens with one attached hydrogen (secondary N) is 1. The standard InChI is InChI=1S/C24H32N4O3/c1-7-19(25-16-8-10-17(11-9-16)28(4)13-12-27(2)3)23-18-14-21(30-5)22(31-6)15-20(18)26-24(23)29/h8-11,14-15,23H,7,12-13H2,1-6H3,(H,26,29). The van der Waals surface area contributed by atoms with E-state index in [9.17, 15) is 4.79 Å². The van der Waals surface area contributed by atoms with Crippen molar-refractivity contribution in [1.29, 1.82) is 0 Å². The van der Waals surface area contributed by atoms with Gasteiger partial charge in [-0.1, -0.05) is 6.92 Å². The Bertz CT molecular complexity index is 954. The van der Waals surface area contributed by atoms with E-state index in [1.807, 2.05) is 25.1 Å². The predicted molar refractivity (Wildman–Crippen MR) is 127 cm³/mol. The summed E-state index contributed by atoms with van der Waals surface area (Å²) < 4.78 is 10.8. The van der Waals surface area contributed by atoms with Crippen LogP contribution in [0.1, 0.15) is 24.8 Å². The normalized spacial score (nSPS) is 15.6. The number of aliphatic imine (C=N–C) groups is 1. The van der Waals surface area contributed by atoms with Crippen LogP contribution in [0.4, 0.5) is 17.1 Å². The molecule has 31 heavy (non-hydrogen) atoms. The highest BCUT2D eigenvalue weighted by Crippen LogP contribution is 2.42.